The molecule has 0 saturated carbocycles. The molecule has 0 spiro atoms. The first kappa shape index (κ1) is 12.6. The Morgan fingerprint density at radius 1 is 1.10 bits per heavy atom. The fourth-order valence-corrected chi connectivity index (χ4v) is 2.40. The van der Waals surface area contributed by atoms with Crippen LogP contribution in [0.4, 0.5) is 0 Å². The fraction of sp³-hybridized carbons (Fsp3) is 0.176. The van der Waals surface area contributed by atoms with Crippen molar-refractivity contribution in [1.82, 2.24) is 4.57 Å². The molecule has 0 aliphatic rings. The van der Waals surface area contributed by atoms with Gasteiger partial charge in [0, 0.05) is 18.0 Å². The van der Waals surface area contributed by atoms with Gasteiger partial charge in [-0.25, -0.2) is 0 Å². The standard InChI is InChI=1S/C17H17NO2/c1-12-7-8-15-13(9-12)10-14(18(15)2)11-20-17-6-4-3-5-16(17)19/h3-10,19H,11H2,1-2H3. The first-order chi connectivity index (χ1) is 9.65. The van der Waals surface area contributed by atoms with E-state index in [0.29, 0.717) is 12.4 Å². The van der Waals surface area contributed by atoms with Crippen LogP contribution < -0.4 is 4.74 Å². The van der Waals surface area contributed by atoms with Crippen molar-refractivity contribution in [1.29, 1.82) is 0 Å². The topological polar surface area (TPSA) is 34.4 Å². The van der Waals surface area contributed by atoms with Gasteiger partial charge in [-0.15, -0.1) is 0 Å². The first-order valence-electron chi connectivity index (χ1n) is 6.61. The molecule has 0 saturated heterocycles. The molecule has 0 aliphatic carbocycles. The van der Waals surface area contributed by atoms with Crippen molar-refractivity contribution in [2.75, 3.05) is 0 Å². The van der Waals surface area contributed by atoms with Crippen molar-refractivity contribution < 1.29 is 9.84 Å². The quantitative estimate of drug-likeness (QED) is 0.783. The Labute approximate surface area is 118 Å². The number of nitrogens with zero attached hydrogens (tertiary/aromatic N) is 1. The summed E-state index contributed by atoms with van der Waals surface area (Å²) in [4.78, 5) is 0. The van der Waals surface area contributed by atoms with E-state index in [2.05, 4.69) is 35.8 Å². The Morgan fingerprint density at radius 3 is 2.70 bits per heavy atom. The van der Waals surface area contributed by atoms with Crippen LogP contribution in [0.15, 0.2) is 48.5 Å². The van der Waals surface area contributed by atoms with Crippen LogP contribution in [-0.2, 0) is 13.7 Å². The van der Waals surface area contributed by atoms with Crippen molar-refractivity contribution >= 4 is 10.9 Å². The Bertz CT molecular complexity index is 759. The maximum Gasteiger partial charge on any atom is 0.161 e. The van der Waals surface area contributed by atoms with E-state index in [9.17, 15) is 5.11 Å². The molecule has 20 heavy (non-hydrogen) atoms. The number of benzene rings is 2. The predicted molar refractivity (Wildman–Crippen MR) is 80.1 cm³/mol. The SMILES string of the molecule is Cc1ccc2c(c1)cc(COc1ccccc1O)n2C. The Hall–Kier alpha value is -2.42. The van der Waals surface area contributed by atoms with Crippen molar-refractivity contribution in [3.63, 3.8) is 0 Å². The summed E-state index contributed by atoms with van der Waals surface area (Å²) in [7, 11) is 2.03. The van der Waals surface area contributed by atoms with E-state index in [1.165, 1.54) is 16.5 Å². The Morgan fingerprint density at radius 2 is 1.90 bits per heavy atom. The third-order valence-corrected chi connectivity index (χ3v) is 3.54. The zero-order valence-electron chi connectivity index (χ0n) is 11.6. The van der Waals surface area contributed by atoms with Crippen LogP contribution in [0.25, 0.3) is 10.9 Å². The number of phenolic OH excluding ortho intramolecular Hbond substituents is 1. The molecule has 3 heteroatoms. The molecule has 1 N–H and O–H groups in total. The molecule has 0 amide bonds. The van der Waals surface area contributed by atoms with Crippen molar-refractivity contribution in [3.05, 3.63) is 59.8 Å². The van der Waals surface area contributed by atoms with Crippen LogP contribution in [0.3, 0.4) is 0 Å². The minimum atomic E-state index is 0.169. The van der Waals surface area contributed by atoms with Crippen molar-refractivity contribution in [2.24, 2.45) is 7.05 Å². The van der Waals surface area contributed by atoms with E-state index in [-0.39, 0.29) is 5.75 Å². The molecule has 0 aliphatic heterocycles. The predicted octanol–water partition coefficient (Wildman–Crippen LogP) is 3.77. The number of hydrogen-bond donors (Lipinski definition) is 1. The van der Waals surface area contributed by atoms with Crippen LogP contribution in [0, 0.1) is 6.92 Å². The molecular weight excluding hydrogens is 250 g/mol. The van der Waals surface area contributed by atoms with Gasteiger partial charge in [-0.05, 0) is 37.3 Å². The minimum absolute atomic E-state index is 0.169. The third kappa shape index (κ3) is 2.23. The molecule has 1 heterocycles. The van der Waals surface area contributed by atoms with Crippen LogP contribution in [-0.4, -0.2) is 9.67 Å². The van der Waals surface area contributed by atoms with Gasteiger partial charge in [-0.2, -0.15) is 0 Å². The second-order valence-corrected chi connectivity index (χ2v) is 5.01. The average molecular weight is 267 g/mol. The largest absolute Gasteiger partial charge is 0.504 e. The highest BCUT2D eigenvalue weighted by molar-refractivity contribution is 5.82. The lowest BCUT2D eigenvalue weighted by atomic mass is 10.2. The third-order valence-electron chi connectivity index (χ3n) is 3.54. The number of aryl methyl sites for hydroxylation is 2. The first-order valence-corrected chi connectivity index (χ1v) is 6.61. The number of hydrogen-bond acceptors (Lipinski definition) is 2. The van der Waals surface area contributed by atoms with E-state index in [0.717, 1.165) is 5.69 Å². The summed E-state index contributed by atoms with van der Waals surface area (Å²) in [6, 6.07) is 15.5. The molecular formula is C17H17NO2. The lowest BCUT2D eigenvalue weighted by Crippen LogP contribution is -2.01. The lowest BCUT2D eigenvalue weighted by molar-refractivity contribution is 0.282. The number of fused-ring (bicyclic) bond motifs is 1. The van der Waals surface area contributed by atoms with Crippen LogP contribution in [0.5, 0.6) is 11.5 Å². The fourth-order valence-electron chi connectivity index (χ4n) is 2.40. The van der Waals surface area contributed by atoms with Gasteiger partial charge in [0.25, 0.3) is 0 Å². The highest BCUT2D eigenvalue weighted by Gasteiger charge is 2.07. The zero-order chi connectivity index (χ0) is 14.1. The summed E-state index contributed by atoms with van der Waals surface area (Å²) in [5, 5.41) is 10.9. The normalized spacial score (nSPS) is 10.9. The van der Waals surface area contributed by atoms with Gasteiger partial charge in [0.05, 0.1) is 5.69 Å². The highest BCUT2D eigenvalue weighted by Crippen LogP contribution is 2.26. The molecule has 1 aromatic heterocycles. The van der Waals surface area contributed by atoms with Gasteiger partial charge in [-0.3, -0.25) is 0 Å². The van der Waals surface area contributed by atoms with Gasteiger partial charge >= 0.3 is 0 Å². The molecule has 3 nitrogen and oxygen atoms in total. The molecule has 102 valence electrons. The molecule has 0 unspecified atom stereocenters. The number of ether oxygens (including phenoxy) is 1. The van der Waals surface area contributed by atoms with E-state index >= 15 is 0 Å². The number of para-hydroxylation sites is 2. The van der Waals surface area contributed by atoms with Crippen molar-refractivity contribution in [2.45, 2.75) is 13.5 Å². The number of rotatable bonds is 3. The summed E-state index contributed by atoms with van der Waals surface area (Å²) >= 11 is 0. The van der Waals surface area contributed by atoms with Crippen molar-refractivity contribution in [3.8, 4) is 11.5 Å². The van der Waals surface area contributed by atoms with E-state index in [1.807, 2.05) is 13.1 Å². The molecule has 0 radical (unpaired) electrons. The maximum atomic E-state index is 9.70. The summed E-state index contributed by atoms with van der Waals surface area (Å²) in [6.07, 6.45) is 0. The number of aromatic nitrogens is 1. The summed E-state index contributed by atoms with van der Waals surface area (Å²) in [5.74, 6) is 0.677. The molecule has 0 bridgehead atoms. The monoisotopic (exact) mass is 267 g/mol. The number of phenols is 1. The highest BCUT2D eigenvalue weighted by atomic mass is 16.5. The lowest BCUT2D eigenvalue weighted by Gasteiger charge is -2.08. The molecule has 3 aromatic rings. The van der Waals surface area contributed by atoms with Crippen LogP contribution in [0.2, 0.25) is 0 Å². The van der Waals surface area contributed by atoms with E-state index in [4.69, 9.17) is 4.74 Å². The van der Waals surface area contributed by atoms with Gasteiger partial charge in [0.2, 0.25) is 0 Å². The maximum absolute atomic E-state index is 9.70. The Balaban J connectivity index is 1.88. The van der Waals surface area contributed by atoms with E-state index < -0.39 is 0 Å². The van der Waals surface area contributed by atoms with Crippen LogP contribution in [0.1, 0.15) is 11.3 Å². The average Bonchev–Trinajstić information content (AvgIpc) is 2.74. The van der Waals surface area contributed by atoms with Crippen LogP contribution >= 0.6 is 0 Å². The summed E-state index contributed by atoms with van der Waals surface area (Å²) in [6.45, 7) is 2.52. The second kappa shape index (κ2) is 4.93. The molecule has 0 fully saturated rings. The minimum Gasteiger partial charge on any atom is -0.504 e. The molecule has 0 atom stereocenters. The summed E-state index contributed by atoms with van der Waals surface area (Å²) in [5.41, 5.74) is 3.51. The van der Waals surface area contributed by atoms with Gasteiger partial charge < -0.3 is 14.4 Å². The molecule has 2 aromatic carbocycles. The number of aromatic hydroxyl groups is 1. The van der Waals surface area contributed by atoms with Gasteiger partial charge in [-0.1, -0.05) is 23.8 Å². The molecule has 3 rings (SSSR count). The summed E-state index contributed by atoms with van der Waals surface area (Å²) < 4.78 is 7.81. The second-order valence-electron chi connectivity index (χ2n) is 5.01. The van der Waals surface area contributed by atoms with Gasteiger partial charge in [0.1, 0.15) is 6.61 Å². The van der Waals surface area contributed by atoms with E-state index in [1.54, 1.807) is 18.2 Å². The Kier molecular flexibility index (Phi) is 3.11. The smallest absolute Gasteiger partial charge is 0.161 e. The van der Waals surface area contributed by atoms with Gasteiger partial charge in [0.15, 0.2) is 11.5 Å². The zero-order valence-corrected chi connectivity index (χ0v) is 11.6.